The SMILES string of the molecule is Nc1ccc(-c2ccc(F)cc2)nc1CC(=O)N1Cc2cccc(F)c2C1. The summed E-state index contributed by atoms with van der Waals surface area (Å²) >= 11 is 0. The molecule has 0 radical (unpaired) electrons. The summed E-state index contributed by atoms with van der Waals surface area (Å²) in [6.45, 7) is 0.627. The lowest BCUT2D eigenvalue weighted by Crippen LogP contribution is -2.27. The van der Waals surface area contributed by atoms with Gasteiger partial charge < -0.3 is 10.6 Å². The number of carbonyl (C=O) groups excluding carboxylic acids is 1. The van der Waals surface area contributed by atoms with Crippen molar-refractivity contribution in [3.63, 3.8) is 0 Å². The quantitative estimate of drug-likeness (QED) is 0.770. The van der Waals surface area contributed by atoms with E-state index in [1.807, 2.05) is 6.07 Å². The third-order valence-corrected chi connectivity index (χ3v) is 4.75. The smallest absolute Gasteiger partial charge is 0.229 e. The number of nitrogens with zero attached hydrogens (tertiary/aromatic N) is 2. The molecule has 2 heterocycles. The van der Waals surface area contributed by atoms with Crippen molar-refractivity contribution in [3.8, 4) is 11.3 Å². The van der Waals surface area contributed by atoms with Crippen molar-refractivity contribution in [3.05, 3.63) is 83.1 Å². The fraction of sp³-hybridized carbons (Fsp3) is 0.143. The van der Waals surface area contributed by atoms with Gasteiger partial charge >= 0.3 is 0 Å². The highest BCUT2D eigenvalue weighted by Crippen LogP contribution is 2.26. The molecular weight excluding hydrogens is 348 g/mol. The molecule has 0 saturated carbocycles. The van der Waals surface area contributed by atoms with E-state index in [9.17, 15) is 13.6 Å². The lowest BCUT2D eigenvalue weighted by Gasteiger charge is -2.16. The Kier molecular flexibility index (Phi) is 4.32. The molecule has 0 spiro atoms. The lowest BCUT2D eigenvalue weighted by molar-refractivity contribution is -0.131. The molecule has 0 saturated heterocycles. The molecule has 1 aliphatic heterocycles. The number of hydrogen-bond donors (Lipinski definition) is 1. The fourth-order valence-corrected chi connectivity index (χ4v) is 3.25. The predicted octanol–water partition coefficient (Wildman–Crippen LogP) is 3.69. The van der Waals surface area contributed by atoms with Crippen molar-refractivity contribution < 1.29 is 13.6 Å². The maximum Gasteiger partial charge on any atom is 0.229 e. The van der Waals surface area contributed by atoms with E-state index >= 15 is 0 Å². The molecule has 0 atom stereocenters. The minimum absolute atomic E-state index is 0.0243. The molecule has 1 aliphatic rings. The standard InChI is InChI=1S/C21H17F2N3O/c22-15-6-4-13(5-7-15)19-9-8-18(24)20(25-19)10-21(27)26-11-14-2-1-3-17(23)16(14)12-26/h1-9H,10-12,24H2. The van der Waals surface area contributed by atoms with Gasteiger partial charge in [0.2, 0.25) is 5.91 Å². The molecule has 136 valence electrons. The molecule has 0 fully saturated rings. The zero-order chi connectivity index (χ0) is 19.0. The first-order valence-corrected chi connectivity index (χ1v) is 8.56. The van der Waals surface area contributed by atoms with Crippen LogP contribution >= 0.6 is 0 Å². The molecule has 1 aromatic heterocycles. The van der Waals surface area contributed by atoms with Gasteiger partial charge in [-0.1, -0.05) is 12.1 Å². The minimum Gasteiger partial charge on any atom is -0.397 e. The summed E-state index contributed by atoms with van der Waals surface area (Å²) in [5, 5.41) is 0. The zero-order valence-electron chi connectivity index (χ0n) is 14.5. The Bertz CT molecular complexity index is 1020. The molecule has 2 N–H and O–H groups in total. The molecule has 1 amide bonds. The molecule has 4 rings (SSSR count). The summed E-state index contributed by atoms with van der Waals surface area (Å²) in [6, 6.07) is 14.3. The van der Waals surface area contributed by atoms with E-state index in [2.05, 4.69) is 4.98 Å². The number of hydrogen-bond acceptors (Lipinski definition) is 3. The zero-order valence-corrected chi connectivity index (χ0v) is 14.5. The number of benzene rings is 2. The van der Waals surface area contributed by atoms with Crippen LogP contribution in [0.4, 0.5) is 14.5 Å². The van der Waals surface area contributed by atoms with Crippen molar-refractivity contribution >= 4 is 11.6 Å². The highest BCUT2D eigenvalue weighted by Gasteiger charge is 2.26. The molecule has 2 aromatic carbocycles. The van der Waals surface area contributed by atoms with Crippen molar-refractivity contribution in [2.45, 2.75) is 19.5 Å². The van der Waals surface area contributed by atoms with Crippen LogP contribution in [0.25, 0.3) is 11.3 Å². The van der Waals surface area contributed by atoms with Crippen LogP contribution in [-0.2, 0) is 24.3 Å². The van der Waals surface area contributed by atoms with E-state index in [4.69, 9.17) is 5.73 Å². The minimum atomic E-state index is -0.328. The van der Waals surface area contributed by atoms with Gasteiger partial charge in [-0.15, -0.1) is 0 Å². The number of rotatable bonds is 3. The molecule has 3 aromatic rings. The van der Waals surface area contributed by atoms with Crippen LogP contribution in [0.1, 0.15) is 16.8 Å². The van der Waals surface area contributed by atoms with Gasteiger partial charge in [0.05, 0.1) is 23.5 Å². The highest BCUT2D eigenvalue weighted by atomic mass is 19.1. The first kappa shape index (κ1) is 17.1. The Morgan fingerprint density at radius 1 is 1.04 bits per heavy atom. The van der Waals surface area contributed by atoms with Gasteiger partial charge in [0.15, 0.2) is 0 Å². The van der Waals surface area contributed by atoms with Crippen molar-refractivity contribution in [2.24, 2.45) is 0 Å². The Morgan fingerprint density at radius 2 is 1.81 bits per heavy atom. The Balaban J connectivity index is 1.54. The number of fused-ring (bicyclic) bond motifs is 1. The second kappa shape index (κ2) is 6.79. The summed E-state index contributed by atoms with van der Waals surface area (Å²) in [7, 11) is 0. The molecule has 6 heteroatoms. The second-order valence-electron chi connectivity index (χ2n) is 6.54. The van der Waals surface area contributed by atoms with Gasteiger partial charge in [-0.05, 0) is 48.0 Å². The van der Waals surface area contributed by atoms with Gasteiger partial charge in [-0.2, -0.15) is 0 Å². The third kappa shape index (κ3) is 3.38. The molecule has 0 unspecified atom stereocenters. The first-order chi connectivity index (χ1) is 13.0. The van der Waals surface area contributed by atoms with Crippen molar-refractivity contribution in [1.82, 2.24) is 9.88 Å². The molecular formula is C21H17F2N3O. The summed E-state index contributed by atoms with van der Waals surface area (Å²) < 4.78 is 27.0. The van der Waals surface area contributed by atoms with Crippen LogP contribution in [0.2, 0.25) is 0 Å². The van der Waals surface area contributed by atoms with Crippen LogP contribution in [0.3, 0.4) is 0 Å². The van der Waals surface area contributed by atoms with Gasteiger partial charge in [0, 0.05) is 24.2 Å². The molecule has 4 nitrogen and oxygen atoms in total. The van der Waals surface area contributed by atoms with Crippen LogP contribution < -0.4 is 5.73 Å². The van der Waals surface area contributed by atoms with E-state index in [0.717, 1.165) is 11.1 Å². The monoisotopic (exact) mass is 365 g/mol. The van der Waals surface area contributed by atoms with E-state index in [0.29, 0.717) is 29.2 Å². The maximum absolute atomic E-state index is 13.9. The van der Waals surface area contributed by atoms with E-state index in [1.165, 1.54) is 18.2 Å². The Hall–Kier alpha value is -3.28. The predicted molar refractivity (Wildman–Crippen MR) is 98.4 cm³/mol. The van der Waals surface area contributed by atoms with Gasteiger partial charge in [0.1, 0.15) is 11.6 Å². The van der Waals surface area contributed by atoms with Crippen molar-refractivity contribution in [1.29, 1.82) is 0 Å². The molecule has 0 aliphatic carbocycles. The average Bonchev–Trinajstić information content (AvgIpc) is 3.10. The maximum atomic E-state index is 13.9. The number of halogens is 2. The summed E-state index contributed by atoms with van der Waals surface area (Å²) in [4.78, 5) is 18.8. The van der Waals surface area contributed by atoms with Crippen LogP contribution in [0.5, 0.6) is 0 Å². The Morgan fingerprint density at radius 3 is 2.56 bits per heavy atom. The number of nitrogens with two attached hydrogens (primary N) is 1. The van der Waals surface area contributed by atoms with Crippen molar-refractivity contribution in [2.75, 3.05) is 5.73 Å². The number of pyridine rings is 1. The normalized spacial score (nSPS) is 12.9. The fourth-order valence-electron chi connectivity index (χ4n) is 3.25. The third-order valence-electron chi connectivity index (χ3n) is 4.75. The van der Waals surface area contributed by atoms with Gasteiger partial charge in [-0.3, -0.25) is 9.78 Å². The van der Waals surface area contributed by atoms with Gasteiger partial charge in [0.25, 0.3) is 0 Å². The number of anilines is 1. The number of aromatic nitrogens is 1. The number of nitrogen functional groups attached to an aromatic ring is 1. The van der Waals surface area contributed by atoms with E-state index < -0.39 is 0 Å². The lowest BCUT2D eigenvalue weighted by atomic mass is 10.1. The van der Waals surface area contributed by atoms with E-state index in [-0.39, 0.29) is 30.5 Å². The van der Waals surface area contributed by atoms with Crippen LogP contribution in [0, 0.1) is 11.6 Å². The van der Waals surface area contributed by atoms with Crippen LogP contribution in [0.15, 0.2) is 54.6 Å². The van der Waals surface area contributed by atoms with E-state index in [1.54, 1.807) is 35.2 Å². The summed E-state index contributed by atoms with van der Waals surface area (Å²) in [6.07, 6.45) is 0.0243. The molecule has 27 heavy (non-hydrogen) atoms. The average molecular weight is 365 g/mol. The Labute approximate surface area is 155 Å². The van der Waals surface area contributed by atoms with Crippen LogP contribution in [-0.4, -0.2) is 15.8 Å². The summed E-state index contributed by atoms with van der Waals surface area (Å²) in [5.74, 6) is -0.787. The molecule has 0 bridgehead atoms. The number of carbonyl (C=O) groups is 1. The summed E-state index contributed by atoms with van der Waals surface area (Å²) in [5.41, 5.74) is 9.60. The highest BCUT2D eigenvalue weighted by molar-refractivity contribution is 5.81. The topological polar surface area (TPSA) is 59.2 Å². The first-order valence-electron chi connectivity index (χ1n) is 8.56. The number of amides is 1. The second-order valence-corrected chi connectivity index (χ2v) is 6.54. The largest absolute Gasteiger partial charge is 0.397 e. The van der Waals surface area contributed by atoms with Gasteiger partial charge in [-0.25, -0.2) is 8.78 Å².